The van der Waals surface area contributed by atoms with Gasteiger partial charge in [-0.25, -0.2) is 12.8 Å². The molecule has 3 aromatic rings. The number of amides is 2. The van der Waals surface area contributed by atoms with E-state index in [2.05, 4.69) is 5.32 Å². The van der Waals surface area contributed by atoms with Gasteiger partial charge in [0.25, 0.3) is 10.0 Å². The third-order valence-corrected chi connectivity index (χ3v) is 7.70. The van der Waals surface area contributed by atoms with Crippen LogP contribution in [-0.2, 0) is 26.2 Å². The number of rotatable bonds is 11. The second-order valence-electron chi connectivity index (χ2n) is 8.78. The fourth-order valence-corrected chi connectivity index (χ4v) is 5.15. The molecule has 0 aliphatic heterocycles. The molecule has 0 aliphatic rings. The first-order chi connectivity index (χ1) is 17.6. The molecule has 1 N–H and O–H groups in total. The number of nitrogens with one attached hydrogen (secondary N) is 1. The van der Waals surface area contributed by atoms with Gasteiger partial charge in [0.15, 0.2) is 0 Å². The van der Waals surface area contributed by atoms with Crippen molar-refractivity contribution >= 4 is 27.5 Å². The minimum atomic E-state index is -4.23. The van der Waals surface area contributed by atoms with Crippen molar-refractivity contribution < 1.29 is 22.4 Å². The van der Waals surface area contributed by atoms with E-state index in [0.717, 1.165) is 34.0 Å². The van der Waals surface area contributed by atoms with E-state index in [-0.39, 0.29) is 23.0 Å². The Morgan fingerprint density at radius 1 is 0.946 bits per heavy atom. The maximum atomic E-state index is 13.7. The molecule has 0 spiro atoms. The van der Waals surface area contributed by atoms with Crippen molar-refractivity contribution in [1.82, 2.24) is 10.2 Å². The maximum Gasteiger partial charge on any atom is 0.264 e. The number of nitrogens with zero attached hydrogens (tertiary/aromatic N) is 2. The number of sulfonamides is 1. The fraction of sp³-hybridized carbons (Fsp3) is 0.286. The van der Waals surface area contributed by atoms with Gasteiger partial charge < -0.3 is 10.2 Å². The Morgan fingerprint density at radius 3 is 2.16 bits per heavy atom. The fourth-order valence-electron chi connectivity index (χ4n) is 3.73. The van der Waals surface area contributed by atoms with Gasteiger partial charge in [-0.05, 0) is 62.2 Å². The second kappa shape index (κ2) is 12.5. The summed E-state index contributed by atoms with van der Waals surface area (Å²) in [6.45, 7) is 5.46. The van der Waals surface area contributed by atoms with E-state index in [1.165, 1.54) is 17.0 Å². The van der Waals surface area contributed by atoms with Crippen LogP contribution in [-0.4, -0.2) is 44.3 Å². The lowest BCUT2D eigenvalue weighted by Gasteiger charge is -2.32. The van der Waals surface area contributed by atoms with Crippen LogP contribution in [0.1, 0.15) is 31.4 Å². The Balaban J connectivity index is 1.99. The van der Waals surface area contributed by atoms with E-state index < -0.39 is 34.3 Å². The first-order valence-electron chi connectivity index (χ1n) is 12.1. The highest BCUT2D eigenvalue weighted by Crippen LogP contribution is 2.25. The van der Waals surface area contributed by atoms with Crippen LogP contribution in [0, 0.1) is 12.7 Å². The normalized spacial score (nSPS) is 12.0. The number of halogens is 1. The summed E-state index contributed by atoms with van der Waals surface area (Å²) >= 11 is 0. The largest absolute Gasteiger partial charge is 0.354 e. The summed E-state index contributed by atoms with van der Waals surface area (Å²) in [4.78, 5) is 27.8. The average Bonchev–Trinajstić information content (AvgIpc) is 2.89. The number of benzene rings is 3. The molecule has 0 aromatic heterocycles. The van der Waals surface area contributed by atoms with Crippen molar-refractivity contribution in [3.8, 4) is 0 Å². The smallest absolute Gasteiger partial charge is 0.264 e. The quantitative estimate of drug-likeness (QED) is 0.405. The first kappa shape index (κ1) is 27.9. The Morgan fingerprint density at radius 2 is 1.57 bits per heavy atom. The molecule has 0 radical (unpaired) electrons. The highest BCUT2D eigenvalue weighted by atomic mass is 32.2. The minimum Gasteiger partial charge on any atom is -0.354 e. The van der Waals surface area contributed by atoms with Crippen LogP contribution in [0.25, 0.3) is 0 Å². The van der Waals surface area contributed by atoms with Gasteiger partial charge in [-0.3, -0.25) is 13.9 Å². The van der Waals surface area contributed by atoms with Gasteiger partial charge in [0, 0.05) is 13.1 Å². The van der Waals surface area contributed by atoms with Gasteiger partial charge in [-0.2, -0.15) is 0 Å². The Hall–Kier alpha value is -3.72. The van der Waals surface area contributed by atoms with Crippen molar-refractivity contribution in [2.45, 2.75) is 44.7 Å². The minimum absolute atomic E-state index is 0.124. The second-order valence-corrected chi connectivity index (χ2v) is 10.6. The summed E-state index contributed by atoms with van der Waals surface area (Å²) < 4.78 is 41.8. The molecule has 0 fully saturated rings. The van der Waals surface area contributed by atoms with Gasteiger partial charge in [0.2, 0.25) is 11.8 Å². The summed E-state index contributed by atoms with van der Waals surface area (Å²) in [6.07, 6.45) is 0.738. The predicted molar refractivity (Wildman–Crippen MR) is 142 cm³/mol. The zero-order valence-electron chi connectivity index (χ0n) is 21.2. The lowest BCUT2D eigenvalue weighted by Crippen LogP contribution is -2.51. The summed E-state index contributed by atoms with van der Waals surface area (Å²) in [6, 6.07) is 19.5. The molecule has 2 amide bonds. The van der Waals surface area contributed by atoms with E-state index in [1.54, 1.807) is 31.2 Å². The third kappa shape index (κ3) is 7.16. The molecule has 0 saturated carbocycles. The van der Waals surface area contributed by atoms with Crippen molar-refractivity contribution in [2.24, 2.45) is 0 Å². The van der Waals surface area contributed by atoms with Gasteiger partial charge in [0.1, 0.15) is 18.4 Å². The average molecular weight is 526 g/mol. The number of hydrogen-bond donors (Lipinski definition) is 1. The number of carbonyl (C=O) groups excluding carboxylic acids is 2. The summed E-state index contributed by atoms with van der Waals surface area (Å²) in [5.74, 6) is -1.44. The monoisotopic (exact) mass is 525 g/mol. The SMILES string of the molecule is CCCNC(=O)C(C)N(Cc1ccccc1)C(=O)CN(c1ccc(C)cc1)S(=O)(=O)c1ccc(F)cc1. The van der Waals surface area contributed by atoms with Crippen molar-refractivity contribution in [1.29, 1.82) is 0 Å². The topological polar surface area (TPSA) is 86.8 Å². The van der Waals surface area contributed by atoms with Crippen LogP contribution in [0.3, 0.4) is 0 Å². The van der Waals surface area contributed by atoms with Crippen molar-refractivity contribution in [3.63, 3.8) is 0 Å². The molecule has 0 saturated heterocycles. The van der Waals surface area contributed by atoms with Crippen molar-refractivity contribution in [3.05, 3.63) is 95.8 Å². The molecule has 3 rings (SSSR count). The molecule has 9 heteroatoms. The maximum absolute atomic E-state index is 13.7. The van der Waals surface area contributed by atoms with Crippen LogP contribution in [0.4, 0.5) is 10.1 Å². The molecule has 0 bridgehead atoms. The van der Waals surface area contributed by atoms with Crippen LogP contribution in [0.5, 0.6) is 0 Å². The highest BCUT2D eigenvalue weighted by Gasteiger charge is 2.32. The standard InChI is InChI=1S/C28H32FN3O4S/c1-4-18-30-28(34)22(3)31(19-23-8-6-5-7-9-23)27(33)20-32(25-14-10-21(2)11-15-25)37(35,36)26-16-12-24(29)13-17-26/h5-17,22H,4,18-20H2,1-3H3,(H,30,34). The summed E-state index contributed by atoms with van der Waals surface area (Å²) in [5.41, 5.74) is 2.00. The van der Waals surface area contributed by atoms with Crippen LogP contribution in [0.15, 0.2) is 83.8 Å². The van der Waals surface area contributed by atoms with Gasteiger partial charge in [-0.15, -0.1) is 0 Å². The van der Waals surface area contributed by atoms with Gasteiger partial charge in [0.05, 0.1) is 10.6 Å². The lowest BCUT2D eigenvalue weighted by atomic mass is 10.1. The molecule has 0 aliphatic carbocycles. The molecule has 3 aromatic carbocycles. The molecule has 0 heterocycles. The molecule has 196 valence electrons. The van der Waals surface area contributed by atoms with Crippen LogP contribution >= 0.6 is 0 Å². The lowest BCUT2D eigenvalue weighted by molar-refractivity contribution is -0.139. The zero-order valence-corrected chi connectivity index (χ0v) is 22.0. The van der Waals surface area contributed by atoms with E-state index >= 15 is 0 Å². The molecule has 1 atom stereocenters. The molecular formula is C28H32FN3O4S. The Bertz CT molecular complexity index is 1300. The van der Waals surface area contributed by atoms with Gasteiger partial charge in [-0.1, -0.05) is 55.0 Å². The molecule has 37 heavy (non-hydrogen) atoms. The van der Waals surface area contributed by atoms with Crippen LogP contribution < -0.4 is 9.62 Å². The van der Waals surface area contributed by atoms with Crippen molar-refractivity contribution in [2.75, 3.05) is 17.4 Å². The summed E-state index contributed by atoms with van der Waals surface area (Å²) in [7, 11) is -4.23. The molecule has 7 nitrogen and oxygen atoms in total. The molecular weight excluding hydrogens is 493 g/mol. The molecule has 1 unspecified atom stereocenters. The number of anilines is 1. The summed E-state index contributed by atoms with van der Waals surface area (Å²) in [5, 5.41) is 2.81. The predicted octanol–water partition coefficient (Wildman–Crippen LogP) is 4.27. The number of hydrogen-bond acceptors (Lipinski definition) is 4. The van der Waals surface area contributed by atoms with Crippen LogP contribution in [0.2, 0.25) is 0 Å². The van der Waals surface area contributed by atoms with E-state index in [4.69, 9.17) is 0 Å². The van der Waals surface area contributed by atoms with E-state index in [0.29, 0.717) is 6.54 Å². The first-order valence-corrected chi connectivity index (χ1v) is 13.5. The zero-order chi connectivity index (χ0) is 27.0. The Kier molecular flexibility index (Phi) is 9.41. The van der Waals surface area contributed by atoms with E-state index in [9.17, 15) is 22.4 Å². The van der Waals surface area contributed by atoms with Gasteiger partial charge >= 0.3 is 0 Å². The highest BCUT2D eigenvalue weighted by molar-refractivity contribution is 7.92. The number of aryl methyl sites for hydroxylation is 1. The number of carbonyl (C=O) groups is 2. The third-order valence-electron chi connectivity index (χ3n) is 5.91. The Labute approximate surface area is 218 Å². The van der Waals surface area contributed by atoms with E-state index in [1.807, 2.05) is 44.2 Å².